The highest BCUT2D eigenvalue weighted by molar-refractivity contribution is 5.66. The number of hydrogen-bond donors (Lipinski definition) is 0. The maximum atomic E-state index is 11.8. The van der Waals surface area contributed by atoms with Gasteiger partial charge in [0, 0.05) is 19.3 Å². The Bertz CT molecular complexity index is 990. The number of carbonyl (C=O) groups excluding carboxylic acids is 2. The molecule has 38 heavy (non-hydrogen) atoms. The molecule has 4 rings (SSSR count). The highest BCUT2D eigenvalue weighted by Crippen LogP contribution is 2.71. The first-order valence-electron chi connectivity index (χ1n) is 15.5. The van der Waals surface area contributed by atoms with E-state index in [0.29, 0.717) is 17.8 Å². The van der Waals surface area contributed by atoms with Crippen molar-refractivity contribution in [1.29, 1.82) is 0 Å². The molecule has 2 saturated carbocycles. The Morgan fingerprint density at radius 3 is 2.32 bits per heavy atom. The molecule has 0 heterocycles. The van der Waals surface area contributed by atoms with Crippen molar-refractivity contribution in [2.45, 2.75) is 139 Å². The van der Waals surface area contributed by atoms with Crippen molar-refractivity contribution in [2.75, 3.05) is 0 Å². The van der Waals surface area contributed by atoms with Gasteiger partial charge in [-0.2, -0.15) is 0 Å². The zero-order valence-electron chi connectivity index (χ0n) is 25.7. The molecule has 0 aromatic heterocycles. The van der Waals surface area contributed by atoms with E-state index in [2.05, 4.69) is 60.6 Å². The largest absolute Gasteiger partial charge is 0.463 e. The van der Waals surface area contributed by atoms with Crippen molar-refractivity contribution in [3.8, 4) is 0 Å². The van der Waals surface area contributed by atoms with Gasteiger partial charge in [0.1, 0.15) is 12.2 Å². The number of ether oxygens (including phenoxy) is 2. The fraction of sp³-hybridized carbons (Fsp3) is 0.824. The number of esters is 2. The van der Waals surface area contributed by atoms with Gasteiger partial charge in [-0.1, -0.05) is 67.0 Å². The summed E-state index contributed by atoms with van der Waals surface area (Å²) in [5.74, 6) is 1.55. The van der Waals surface area contributed by atoms with Crippen LogP contribution in [0.25, 0.3) is 0 Å². The lowest BCUT2D eigenvalue weighted by molar-refractivity contribution is -0.165. The van der Waals surface area contributed by atoms with Crippen LogP contribution >= 0.6 is 0 Å². The Morgan fingerprint density at radius 2 is 1.68 bits per heavy atom. The summed E-state index contributed by atoms with van der Waals surface area (Å²) in [6, 6.07) is 0. The van der Waals surface area contributed by atoms with E-state index in [0.717, 1.165) is 44.9 Å². The number of fused-ring (bicyclic) bond motifs is 5. The van der Waals surface area contributed by atoms with Gasteiger partial charge in [0.15, 0.2) is 0 Å². The van der Waals surface area contributed by atoms with Crippen molar-refractivity contribution in [3.05, 3.63) is 23.3 Å². The minimum Gasteiger partial charge on any atom is -0.463 e. The van der Waals surface area contributed by atoms with Gasteiger partial charge in [0.05, 0.1) is 0 Å². The maximum absolute atomic E-state index is 11.8. The van der Waals surface area contributed by atoms with E-state index in [9.17, 15) is 9.59 Å². The Hall–Kier alpha value is -1.58. The Morgan fingerprint density at radius 1 is 0.974 bits per heavy atom. The first-order valence-corrected chi connectivity index (χ1v) is 15.5. The van der Waals surface area contributed by atoms with Crippen LogP contribution in [0.5, 0.6) is 0 Å². The first-order chi connectivity index (χ1) is 17.7. The van der Waals surface area contributed by atoms with Gasteiger partial charge < -0.3 is 9.47 Å². The fourth-order valence-corrected chi connectivity index (χ4v) is 9.79. The van der Waals surface area contributed by atoms with Gasteiger partial charge in [-0.3, -0.25) is 9.59 Å². The van der Waals surface area contributed by atoms with Gasteiger partial charge in [0.2, 0.25) is 0 Å². The SMILES string of the molecule is CCC(CCCC(C)[C@H]1CC[C@@]2(C)C3=CC[C@H]4C(C)(C)[C@@H](OC(C)=O)CC[C@]4(C)C3=CC[C@]12C)OC(C)=O. The molecule has 0 aromatic rings. The Kier molecular flexibility index (Phi) is 8.07. The molecule has 0 aromatic carbocycles. The third-order valence-corrected chi connectivity index (χ3v) is 12.2. The molecular weight excluding hydrogens is 472 g/mol. The second-order valence-electron chi connectivity index (χ2n) is 14.5. The molecule has 0 spiro atoms. The van der Waals surface area contributed by atoms with Crippen LogP contribution in [0.1, 0.15) is 127 Å². The summed E-state index contributed by atoms with van der Waals surface area (Å²) in [5, 5.41) is 0. The van der Waals surface area contributed by atoms with E-state index in [1.54, 1.807) is 18.1 Å². The van der Waals surface area contributed by atoms with Crippen LogP contribution in [0.4, 0.5) is 0 Å². The van der Waals surface area contributed by atoms with Gasteiger partial charge in [-0.25, -0.2) is 0 Å². The summed E-state index contributed by atoms with van der Waals surface area (Å²) in [7, 11) is 0. The molecule has 4 aliphatic carbocycles. The molecule has 0 N–H and O–H groups in total. The molecule has 8 atom stereocenters. The molecule has 214 valence electrons. The molecule has 2 unspecified atom stereocenters. The molecule has 0 amide bonds. The third kappa shape index (κ3) is 4.70. The number of carbonyl (C=O) groups is 2. The maximum Gasteiger partial charge on any atom is 0.302 e. The summed E-state index contributed by atoms with van der Waals surface area (Å²) < 4.78 is 11.4. The Labute approximate surface area is 232 Å². The van der Waals surface area contributed by atoms with Crippen LogP contribution in [0.3, 0.4) is 0 Å². The third-order valence-electron chi connectivity index (χ3n) is 12.2. The average molecular weight is 527 g/mol. The minimum atomic E-state index is -0.159. The standard InChI is InChI=1S/C34H54O4/c1-10-25(37-23(3)35)13-11-12-22(2)26-16-20-34(9)28-14-15-29-31(5,6)30(38-24(4)36)18-19-32(29,7)27(28)17-21-33(26,34)8/h14,17,22,25-26,29-30H,10-13,15-16,18-21H2,1-9H3/t22?,25?,26-,29+,30+,32-,33-,34+/m1/s1. The predicted molar refractivity (Wildman–Crippen MR) is 153 cm³/mol. The zero-order chi connectivity index (χ0) is 28.1. The van der Waals surface area contributed by atoms with Gasteiger partial charge in [-0.15, -0.1) is 0 Å². The summed E-state index contributed by atoms with van der Waals surface area (Å²) in [6.07, 6.45) is 16.3. The summed E-state index contributed by atoms with van der Waals surface area (Å²) >= 11 is 0. The molecule has 0 saturated heterocycles. The lowest BCUT2D eigenvalue weighted by Gasteiger charge is -2.61. The Balaban J connectivity index is 1.53. The van der Waals surface area contributed by atoms with E-state index in [1.807, 2.05) is 0 Å². The lowest BCUT2D eigenvalue weighted by Crippen LogP contribution is -2.55. The highest BCUT2D eigenvalue weighted by atomic mass is 16.5. The average Bonchev–Trinajstić information content (AvgIpc) is 3.11. The molecule has 4 nitrogen and oxygen atoms in total. The summed E-state index contributed by atoms with van der Waals surface area (Å²) in [4.78, 5) is 23.3. The van der Waals surface area contributed by atoms with E-state index >= 15 is 0 Å². The molecule has 0 radical (unpaired) electrons. The summed E-state index contributed by atoms with van der Waals surface area (Å²) in [5.41, 5.74) is 3.84. The van der Waals surface area contributed by atoms with Crippen LogP contribution in [0, 0.1) is 39.4 Å². The minimum absolute atomic E-state index is 0.00271. The van der Waals surface area contributed by atoms with Crippen molar-refractivity contribution < 1.29 is 19.1 Å². The molecule has 4 heteroatoms. The molecule has 0 aliphatic heterocycles. The van der Waals surface area contributed by atoms with Gasteiger partial charge in [0.25, 0.3) is 0 Å². The first kappa shape index (κ1) is 29.4. The summed E-state index contributed by atoms with van der Waals surface area (Å²) in [6.45, 7) is 20.0. The molecule has 4 aliphatic rings. The number of hydrogen-bond acceptors (Lipinski definition) is 4. The van der Waals surface area contributed by atoms with Gasteiger partial charge >= 0.3 is 11.9 Å². The van der Waals surface area contributed by atoms with Crippen LogP contribution < -0.4 is 0 Å². The van der Waals surface area contributed by atoms with Crippen molar-refractivity contribution >= 4 is 11.9 Å². The smallest absolute Gasteiger partial charge is 0.302 e. The van der Waals surface area contributed by atoms with E-state index < -0.39 is 0 Å². The van der Waals surface area contributed by atoms with Crippen LogP contribution in [-0.2, 0) is 19.1 Å². The topological polar surface area (TPSA) is 52.6 Å². The van der Waals surface area contributed by atoms with E-state index in [4.69, 9.17) is 9.47 Å². The van der Waals surface area contributed by atoms with Crippen LogP contribution in [0.15, 0.2) is 23.3 Å². The van der Waals surface area contributed by atoms with E-state index in [1.165, 1.54) is 26.2 Å². The number of allylic oxidation sites excluding steroid dienone is 4. The molecule has 2 fully saturated rings. The van der Waals surface area contributed by atoms with E-state index in [-0.39, 0.29) is 45.8 Å². The zero-order valence-corrected chi connectivity index (χ0v) is 25.7. The second kappa shape index (κ2) is 10.4. The molecular formula is C34H54O4. The second-order valence-corrected chi connectivity index (χ2v) is 14.5. The van der Waals surface area contributed by atoms with Gasteiger partial charge in [-0.05, 0) is 103 Å². The van der Waals surface area contributed by atoms with Crippen molar-refractivity contribution in [2.24, 2.45) is 39.4 Å². The lowest BCUT2D eigenvalue weighted by atomic mass is 9.44. The highest BCUT2D eigenvalue weighted by Gasteiger charge is 2.63. The molecule has 0 bridgehead atoms. The fourth-order valence-electron chi connectivity index (χ4n) is 9.79. The van der Waals surface area contributed by atoms with Crippen molar-refractivity contribution in [1.82, 2.24) is 0 Å². The normalized spacial score (nSPS) is 39.0. The monoisotopic (exact) mass is 526 g/mol. The van der Waals surface area contributed by atoms with Crippen LogP contribution in [0.2, 0.25) is 0 Å². The van der Waals surface area contributed by atoms with Crippen LogP contribution in [-0.4, -0.2) is 24.1 Å². The quantitative estimate of drug-likeness (QED) is 0.297. The number of rotatable bonds is 8. The van der Waals surface area contributed by atoms with Crippen molar-refractivity contribution in [3.63, 3.8) is 0 Å². The predicted octanol–water partition coefficient (Wildman–Crippen LogP) is 8.59.